The van der Waals surface area contributed by atoms with E-state index >= 15 is 0 Å². The number of aromatic nitrogens is 4. The molecule has 0 aliphatic rings. The number of unbranched alkanes of at least 4 members (excludes halogenated alkanes) is 1. The summed E-state index contributed by atoms with van der Waals surface area (Å²) in [5.74, 6) is 3.94. The quantitative estimate of drug-likeness (QED) is 0.0404. The summed E-state index contributed by atoms with van der Waals surface area (Å²) in [6.07, 6.45) is 11.0. The average molecular weight is 894 g/mol. The number of anilines is 1. The lowest BCUT2D eigenvalue weighted by Crippen LogP contribution is -2.31. The van der Waals surface area contributed by atoms with Crippen molar-refractivity contribution in [2.45, 2.75) is 103 Å². The Kier molecular flexibility index (Phi) is 21.7. The lowest BCUT2D eigenvalue weighted by molar-refractivity contribution is -0.154. The van der Waals surface area contributed by atoms with E-state index in [0.717, 1.165) is 17.4 Å². The molecule has 0 saturated heterocycles. The SMILES string of the molecule is CC(C)(C)C(=O)OCc1ccc(NC(=O)[C@H](CCCNC(N)=O)CC(=O)COCC(=O)CCCOCCn2cc(CCC(=O)CCCC#Cc3cnc(S(C)(=O)=O)nc3)cn2)cc1. The number of nitrogens with one attached hydrogen (secondary N) is 2. The number of Topliss-reactive ketones (excluding diaryl/α,β-unsaturated/α-hetero) is 3. The highest BCUT2D eigenvalue weighted by atomic mass is 32.2. The van der Waals surface area contributed by atoms with Crippen LogP contribution in [0.25, 0.3) is 0 Å². The molecular formula is C44H59N7O11S. The number of hydrogen-bond acceptors (Lipinski definition) is 14. The molecule has 18 nitrogen and oxygen atoms in total. The molecule has 63 heavy (non-hydrogen) atoms. The van der Waals surface area contributed by atoms with E-state index in [1.807, 2.05) is 6.20 Å². The van der Waals surface area contributed by atoms with Crippen LogP contribution in [0.5, 0.6) is 0 Å². The summed E-state index contributed by atoms with van der Waals surface area (Å²) in [5, 5.41) is 9.35. The number of nitrogens with two attached hydrogens (primary N) is 1. The van der Waals surface area contributed by atoms with E-state index in [9.17, 15) is 37.2 Å². The normalized spacial score (nSPS) is 11.8. The van der Waals surface area contributed by atoms with E-state index in [4.69, 9.17) is 19.9 Å². The Morgan fingerprint density at radius 2 is 1.56 bits per heavy atom. The number of carbonyl (C=O) groups excluding carboxylic acids is 6. The first-order chi connectivity index (χ1) is 29.9. The molecule has 3 rings (SSSR count). The molecule has 0 bridgehead atoms. The van der Waals surface area contributed by atoms with Gasteiger partial charge in [-0.1, -0.05) is 24.0 Å². The smallest absolute Gasteiger partial charge is 0.312 e. The maximum absolute atomic E-state index is 13.2. The van der Waals surface area contributed by atoms with Gasteiger partial charge in [0.15, 0.2) is 11.6 Å². The Labute approximate surface area is 368 Å². The van der Waals surface area contributed by atoms with Crippen LogP contribution >= 0.6 is 0 Å². The summed E-state index contributed by atoms with van der Waals surface area (Å²) < 4.78 is 41.0. The number of ether oxygens (including phenoxy) is 3. The number of carbonyl (C=O) groups is 6. The molecule has 2 heterocycles. The van der Waals surface area contributed by atoms with E-state index in [2.05, 4.69) is 37.5 Å². The Balaban J connectivity index is 1.27. The van der Waals surface area contributed by atoms with Crippen LogP contribution in [-0.4, -0.2) is 103 Å². The topological polar surface area (TPSA) is 258 Å². The van der Waals surface area contributed by atoms with Gasteiger partial charge in [0.05, 0.1) is 30.3 Å². The number of sulfone groups is 1. The van der Waals surface area contributed by atoms with Crippen LogP contribution in [0.2, 0.25) is 0 Å². The first kappa shape index (κ1) is 51.5. The van der Waals surface area contributed by atoms with Gasteiger partial charge in [-0.3, -0.25) is 28.7 Å². The molecule has 0 radical (unpaired) electrons. The maximum Gasteiger partial charge on any atom is 0.312 e. The van der Waals surface area contributed by atoms with Gasteiger partial charge in [0.1, 0.15) is 25.6 Å². The van der Waals surface area contributed by atoms with Gasteiger partial charge in [-0.25, -0.2) is 23.2 Å². The minimum atomic E-state index is -3.47. The van der Waals surface area contributed by atoms with Crippen molar-refractivity contribution in [2.24, 2.45) is 17.1 Å². The van der Waals surface area contributed by atoms with Crippen molar-refractivity contribution in [3.8, 4) is 11.8 Å². The molecule has 19 heteroatoms. The Morgan fingerprint density at radius 1 is 0.857 bits per heavy atom. The summed E-state index contributed by atoms with van der Waals surface area (Å²) in [6, 6.07) is 6.10. The largest absolute Gasteiger partial charge is 0.460 e. The minimum absolute atomic E-state index is 0.0874. The van der Waals surface area contributed by atoms with Crippen molar-refractivity contribution >= 4 is 50.8 Å². The standard InChI is InChI=1S/C44H59N7O11S/c1-44(2,3)41(56)62-29-32-14-17-36(18-15-32)50-40(55)35(11-8-20-46-42(45)57)24-39(54)31-61-30-38(53)13-9-22-60-23-21-51-28-34(27-49-51)16-19-37(52)12-7-5-6-10-33-25-47-43(48-26-33)63(4,58)59/h14-15,17-18,25-28,35H,5,7-9,11-13,16,19-24,29-31H2,1-4H3,(H,50,55)(H3,45,46,57)/t35-/m1/s1. The van der Waals surface area contributed by atoms with Gasteiger partial charge in [-0.2, -0.15) is 5.10 Å². The van der Waals surface area contributed by atoms with Crippen LogP contribution in [-0.2, 0) is 67.6 Å². The zero-order valence-electron chi connectivity index (χ0n) is 36.5. The van der Waals surface area contributed by atoms with Crippen LogP contribution in [0.1, 0.15) is 95.2 Å². The fraction of sp³-hybridized carbons (Fsp3) is 0.523. The third-order valence-corrected chi connectivity index (χ3v) is 10.0. The first-order valence-corrected chi connectivity index (χ1v) is 22.6. The molecule has 0 unspecified atom stereocenters. The van der Waals surface area contributed by atoms with Crippen molar-refractivity contribution in [3.63, 3.8) is 0 Å². The van der Waals surface area contributed by atoms with Crippen LogP contribution in [0.3, 0.4) is 0 Å². The van der Waals surface area contributed by atoms with E-state index in [0.29, 0.717) is 76.0 Å². The number of amides is 3. The Morgan fingerprint density at radius 3 is 2.24 bits per heavy atom. The molecule has 0 saturated carbocycles. The van der Waals surface area contributed by atoms with E-state index < -0.39 is 33.1 Å². The van der Waals surface area contributed by atoms with E-state index in [1.165, 1.54) is 12.4 Å². The van der Waals surface area contributed by atoms with Crippen molar-refractivity contribution in [1.82, 2.24) is 25.1 Å². The lowest BCUT2D eigenvalue weighted by Gasteiger charge is -2.17. The molecule has 342 valence electrons. The highest BCUT2D eigenvalue weighted by Gasteiger charge is 2.24. The first-order valence-electron chi connectivity index (χ1n) is 20.7. The second-order valence-electron chi connectivity index (χ2n) is 16.0. The van der Waals surface area contributed by atoms with Crippen molar-refractivity contribution < 1.29 is 51.4 Å². The molecule has 1 atom stereocenters. The number of benzene rings is 1. The Bertz CT molecular complexity index is 2160. The second-order valence-corrected chi connectivity index (χ2v) is 17.9. The van der Waals surface area contributed by atoms with Crippen molar-refractivity contribution in [1.29, 1.82) is 0 Å². The second kappa shape index (κ2) is 26.6. The molecule has 3 amide bonds. The number of nitrogens with zero attached hydrogens (tertiary/aromatic N) is 4. The van der Waals surface area contributed by atoms with Gasteiger partial charge in [-0.05, 0) is 76.1 Å². The lowest BCUT2D eigenvalue weighted by atomic mass is 9.95. The van der Waals surface area contributed by atoms with Crippen LogP contribution in [0.4, 0.5) is 10.5 Å². The summed E-state index contributed by atoms with van der Waals surface area (Å²) in [5.41, 5.74) is 7.17. The van der Waals surface area contributed by atoms with Gasteiger partial charge in [0.2, 0.25) is 20.9 Å². The summed E-state index contributed by atoms with van der Waals surface area (Å²) in [7, 11) is -3.47. The average Bonchev–Trinajstić information content (AvgIpc) is 3.68. The third kappa shape index (κ3) is 21.7. The summed E-state index contributed by atoms with van der Waals surface area (Å²) in [4.78, 5) is 81.5. The highest BCUT2D eigenvalue weighted by Crippen LogP contribution is 2.19. The molecule has 0 fully saturated rings. The number of urea groups is 1. The summed E-state index contributed by atoms with van der Waals surface area (Å²) >= 11 is 0. The summed E-state index contributed by atoms with van der Waals surface area (Å²) in [6.45, 7) is 6.24. The number of primary amides is 1. The molecule has 0 spiro atoms. The molecule has 3 aromatic rings. The maximum atomic E-state index is 13.2. The number of rotatable bonds is 28. The third-order valence-electron chi connectivity index (χ3n) is 9.14. The van der Waals surface area contributed by atoms with Gasteiger partial charge < -0.3 is 30.6 Å². The zero-order chi connectivity index (χ0) is 46.3. The van der Waals surface area contributed by atoms with Gasteiger partial charge in [0.25, 0.3) is 0 Å². The predicted octanol–water partition coefficient (Wildman–Crippen LogP) is 3.93. The zero-order valence-corrected chi connectivity index (χ0v) is 37.3. The number of aryl methyl sites for hydroxylation is 1. The van der Waals surface area contributed by atoms with E-state index in [1.54, 1.807) is 55.9 Å². The van der Waals surface area contributed by atoms with Crippen LogP contribution in [0.15, 0.2) is 54.2 Å². The minimum Gasteiger partial charge on any atom is -0.460 e. The van der Waals surface area contributed by atoms with Gasteiger partial charge >= 0.3 is 12.0 Å². The molecular weight excluding hydrogens is 835 g/mol. The molecule has 4 N–H and O–H groups in total. The van der Waals surface area contributed by atoms with E-state index in [-0.39, 0.29) is 74.1 Å². The monoisotopic (exact) mass is 893 g/mol. The fourth-order valence-corrected chi connectivity index (χ4v) is 6.16. The van der Waals surface area contributed by atoms with Crippen LogP contribution in [0, 0.1) is 23.2 Å². The number of esters is 1. The van der Waals surface area contributed by atoms with Crippen molar-refractivity contribution in [3.05, 3.63) is 65.7 Å². The predicted molar refractivity (Wildman–Crippen MR) is 232 cm³/mol. The number of ketones is 3. The molecule has 0 aliphatic heterocycles. The molecule has 2 aromatic heterocycles. The Hall–Kier alpha value is -5.84. The fourth-order valence-electron chi connectivity index (χ4n) is 5.67. The number of hydrogen-bond donors (Lipinski definition) is 3. The van der Waals surface area contributed by atoms with Crippen molar-refractivity contribution in [2.75, 3.05) is 44.5 Å². The molecule has 1 aromatic carbocycles. The molecule has 0 aliphatic carbocycles. The highest BCUT2D eigenvalue weighted by molar-refractivity contribution is 7.90. The van der Waals surface area contributed by atoms with Gasteiger partial charge in [0, 0.05) is 81.7 Å². The van der Waals surface area contributed by atoms with Gasteiger partial charge in [-0.15, -0.1) is 0 Å². The van der Waals surface area contributed by atoms with Crippen LogP contribution < -0.4 is 16.4 Å².